The van der Waals surface area contributed by atoms with Gasteiger partial charge in [0.25, 0.3) is 0 Å². The maximum Gasteiger partial charge on any atom is 0.335 e. The van der Waals surface area contributed by atoms with Crippen LogP contribution in [0.15, 0.2) is 52.9 Å². The molecular weight excluding hydrogens is 308 g/mol. The van der Waals surface area contributed by atoms with Crippen LogP contribution in [0.5, 0.6) is 0 Å². The number of carboxylic acid groups (broad SMARTS) is 1. The normalized spacial score (nSPS) is 15.5. The topological polar surface area (TPSA) is 54.4 Å². The maximum absolute atomic E-state index is 12.7. The number of hydrogen-bond acceptors (Lipinski definition) is 3. The molecule has 116 valence electrons. The molecule has 3 rings (SSSR count). The Labute approximate surface area is 139 Å². The zero-order chi connectivity index (χ0) is 16.4. The predicted molar refractivity (Wildman–Crippen MR) is 92.3 cm³/mol. The van der Waals surface area contributed by atoms with Crippen molar-refractivity contribution in [2.24, 2.45) is 0 Å². The molecule has 0 aromatic heterocycles. The maximum atomic E-state index is 12.7. The molecule has 0 amide bonds. The van der Waals surface area contributed by atoms with E-state index in [1.807, 2.05) is 36.6 Å². The van der Waals surface area contributed by atoms with Gasteiger partial charge in [-0.3, -0.25) is 4.79 Å². The van der Waals surface area contributed by atoms with Crippen LogP contribution in [0.1, 0.15) is 38.3 Å². The lowest BCUT2D eigenvalue weighted by Gasteiger charge is -2.18. The Balaban J connectivity index is 1.94. The van der Waals surface area contributed by atoms with Crippen molar-refractivity contribution in [3.05, 3.63) is 70.3 Å². The summed E-state index contributed by atoms with van der Waals surface area (Å²) in [5.74, 6) is -1.08. The minimum atomic E-state index is -1.01. The monoisotopic (exact) mass is 324 g/mol. The highest BCUT2D eigenvalue weighted by Crippen LogP contribution is 2.28. The van der Waals surface area contributed by atoms with E-state index in [4.69, 9.17) is 5.11 Å². The van der Waals surface area contributed by atoms with E-state index in [2.05, 4.69) is 0 Å². The van der Waals surface area contributed by atoms with E-state index in [-0.39, 0.29) is 11.3 Å². The van der Waals surface area contributed by atoms with Gasteiger partial charge < -0.3 is 5.11 Å². The van der Waals surface area contributed by atoms with Gasteiger partial charge in [-0.25, -0.2) is 4.79 Å². The number of fused-ring (bicyclic) bond motifs is 1. The number of aryl methyl sites for hydroxylation is 1. The number of carbonyl (C=O) groups excluding carboxylic acids is 1. The molecule has 2 aromatic rings. The van der Waals surface area contributed by atoms with Crippen LogP contribution < -0.4 is 0 Å². The quantitative estimate of drug-likeness (QED) is 0.675. The third-order valence-electron chi connectivity index (χ3n) is 4.01. The summed E-state index contributed by atoms with van der Waals surface area (Å²) < 4.78 is 0. The number of carbonyl (C=O) groups is 2. The van der Waals surface area contributed by atoms with Gasteiger partial charge in [-0.1, -0.05) is 18.2 Å². The first-order chi connectivity index (χ1) is 11.1. The van der Waals surface area contributed by atoms with E-state index in [1.54, 1.807) is 23.9 Å². The van der Waals surface area contributed by atoms with Crippen LogP contribution in [0.2, 0.25) is 0 Å². The second kappa shape index (κ2) is 6.42. The Kier molecular flexibility index (Phi) is 4.35. The third-order valence-corrected chi connectivity index (χ3v) is 4.76. The van der Waals surface area contributed by atoms with Crippen molar-refractivity contribution in [2.75, 3.05) is 6.26 Å². The summed E-state index contributed by atoms with van der Waals surface area (Å²) in [5.41, 5.74) is 3.32. The Bertz CT molecular complexity index is 804. The van der Waals surface area contributed by atoms with Crippen LogP contribution in [0.25, 0.3) is 6.08 Å². The van der Waals surface area contributed by atoms with Crippen LogP contribution in [0.4, 0.5) is 0 Å². The van der Waals surface area contributed by atoms with Gasteiger partial charge in [0.2, 0.25) is 0 Å². The molecule has 0 atom stereocenters. The highest BCUT2D eigenvalue weighted by molar-refractivity contribution is 7.98. The summed E-state index contributed by atoms with van der Waals surface area (Å²) in [7, 11) is 0. The van der Waals surface area contributed by atoms with Crippen LogP contribution >= 0.6 is 11.8 Å². The smallest absolute Gasteiger partial charge is 0.335 e. The van der Waals surface area contributed by atoms with Crippen molar-refractivity contribution in [1.82, 2.24) is 0 Å². The molecule has 4 heteroatoms. The van der Waals surface area contributed by atoms with Gasteiger partial charge in [0.1, 0.15) is 0 Å². The number of benzene rings is 2. The van der Waals surface area contributed by atoms with Crippen molar-refractivity contribution in [1.29, 1.82) is 0 Å². The van der Waals surface area contributed by atoms with Gasteiger partial charge in [-0.05, 0) is 60.6 Å². The average Bonchev–Trinajstić information content (AvgIpc) is 2.58. The Morgan fingerprint density at radius 1 is 1.13 bits per heavy atom. The number of Topliss-reactive ketones (excluding diaryl/α,β-unsaturated/α-hetero) is 1. The molecule has 0 saturated heterocycles. The first-order valence-electron chi connectivity index (χ1n) is 7.34. The molecule has 0 fully saturated rings. The van der Waals surface area contributed by atoms with Crippen LogP contribution in [-0.4, -0.2) is 23.1 Å². The van der Waals surface area contributed by atoms with E-state index >= 15 is 0 Å². The molecule has 0 saturated carbocycles. The molecule has 0 heterocycles. The highest BCUT2D eigenvalue weighted by atomic mass is 32.2. The minimum Gasteiger partial charge on any atom is -0.478 e. The summed E-state index contributed by atoms with van der Waals surface area (Å²) in [4.78, 5) is 24.9. The van der Waals surface area contributed by atoms with Crippen LogP contribution in [0, 0.1) is 0 Å². The van der Waals surface area contributed by atoms with Crippen molar-refractivity contribution < 1.29 is 14.7 Å². The number of allylic oxidation sites excluding steroid dienone is 1. The van der Waals surface area contributed by atoms with Crippen molar-refractivity contribution in [2.45, 2.75) is 17.7 Å². The van der Waals surface area contributed by atoms with Crippen LogP contribution in [-0.2, 0) is 6.42 Å². The average molecular weight is 324 g/mol. The Hall–Kier alpha value is -2.33. The van der Waals surface area contributed by atoms with Crippen molar-refractivity contribution >= 4 is 29.6 Å². The second-order valence-corrected chi connectivity index (χ2v) is 6.33. The summed E-state index contributed by atoms with van der Waals surface area (Å²) in [6.07, 6.45) is 5.37. The van der Waals surface area contributed by atoms with Gasteiger partial charge >= 0.3 is 5.97 Å². The largest absolute Gasteiger partial charge is 0.478 e. The summed E-state index contributed by atoms with van der Waals surface area (Å²) >= 11 is 1.68. The number of carboxylic acids is 1. The third kappa shape index (κ3) is 3.22. The van der Waals surface area contributed by atoms with Gasteiger partial charge in [-0.2, -0.15) is 0 Å². The molecule has 0 radical (unpaired) electrons. The Morgan fingerprint density at radius 2 is 1.87 bits per heavy atom. The summed E-state index contributed by atoms with van der Waals surface area (Å²) in [5, 5.41) is 9.10. The lowest BCUT2D eigenvalue weighted by Crippen LogP contribution is -2.15. The number of rotatable bonds is 3. The SMILES string of the molecule is CSc1ccc(C=C2CCc3ccc(C(=O)O)cc3C2=O)cc1. The van der Waals surface area contributed by atoms with Crippen LogP contribution in [0.3, 0.4) is 0 Å². The first-order valence-corrected chi connectivity index (χ1v) is 8.56. The highest BCUT2D eigenvalue weighted by Gasteiger charge is 2.23. The molecule has 0 bridgehead atoms. The lowest BCUT2D eigenvalue weighted by atomic mass is 9.85. The van der Waals surface area contributed by atoms with Crippen molar-refractivity contribution in [3.63, 3.8) is 0 Å². The molecule has 2 aromatic carbocycles. The molecule has 0 spiro atoms. The van der Waals surface area contributed by atoms with Crippen molar-refractivity contribution in [3.8, 4) is 0 Å². The molecule has 3 nitrogen and oxygen atoms in total. The fourth-order valence-corrected chi connectivity index (χ4v) is 3.14. The van der Waals surface area contributed by atoms with Gasteiger partial charge in [0.15, 0.2) is 5.78 Å². The number of hydrogen-bond donors (Lipinski definition) is 1. The molecule has 1 aliphatic rings. The fraction of sp³-hybridized carbons (Fsp3) is 0.158. The lowest BCUT2D eigenvalue weighted by molar-refractivity contribution is 0.0697. The molecule has 0 aliphatic heterocycles. The number of aromatic carboxylic acids is 1. The molecule has 23 heavy (non-hydrogen) atoms. The standard InChI is InChI=1S/C19H16O3S/c1-23-16-8-2-12(3-9-16)10-14-6-4-13-5-7-15(19(21)22)11-17(13)18(14)20/h2-3,5,7-11H,4,6H2,1H3,(H,21,22). The van der Waals surface area contributed by atoms with Gasteiger partial charge in [-0.15, -0.1) is 11.8 Å². The zero-order valence-electron chi connectivity index (χ0n) is 12.7. The molecule has 1 aliphatic carbocycles. The molecular formula is C19H16O3S. The van der Waals surface area contributed by atoms with E-state index in [1.165, 1.54) is 11.0 Å². The van der Waals surface area contributed by atoms with E-state index in [0.29, 0.717) is 12.0 Å². The first kappa shape index (κ1) is 15.6. The van der Waals surface area contributed by atoms with E-state index in [0.717, 1.165) is 23.1 Å². The second-order valence-electron chi connectivity index (χ2n) is 5.45. The number of thioether (sulfide) groups is 1. The number of ketones is 1. The van der Waals surface area contributed by atoms with E-state index in [9.17, 15) is 9.59 Å². The Morgan fingerprint density at radius 3 is 2.52 bits per heavy atom. The fourth-order valence-electron chi connectivity index (χ4n) is 2.73. The predicted octanol–water partition coefficient (Wildman–Crippen LogP) is 4.32. The molecule has 0 unspecified atom stereocenters. The molecule has 1 N–H and O–H groups in total. The zero-order valence-corrected chi connectivity index (χ0v) is 13.5. The minimum absolute atomic E-state index is 0.0664. The van der Waals surface area contributed by atoms with Gasteiger partial charge in [0, 0.05) is 16.0 Å². The van der Waals surface area contributed by atoms with Gasteiger partial charge in [0.05, 0.1) is 5.56 Å². The summed E-state index contributed by atoms with van der Waals surface area (Å²) in [6, 6.07) is 12.8. The summed E-state index contributed by atoms with van der Waals surface area (Å²) in [6.45, 7) is 0. The van der Waals surface area contributed by atoms with E-state index < -0.39 is 5.97 Å².